The fourth-order valence-electron chi connectivity index (χ4n) is 5.35. The van der Waals surface area contributed by atoms with E-state index in [1.54, 1.807) is 0 Å². The molecule has 0 bridgehead atoms. The van der Waals surface area contributed by atoms with E-state index >= 15 is 0 Å². The number of hydrogen-bond donors (Lipinski definition) is 0. The number of fused-ring (bicyclic) bond motifs is 2. The van der Waals surface area contributed by atoms with Gasteiger partial charge in [-0.15, -0.1) is 5.10 Å². The lowest BCUT2D eigenvalue weighted by Crippen LogP contribution is -2.53. The Kier molecular flexibility index (Phi) is 4.82. The van der Waals surface area contributed by atoms with Gasteiger partial charge >= 0.3 is 0 Å². The zero-order chi connectivity index (χ0) is 22.5. The van der Waals surface area contributed by atoms with Gasteiger partial charge in [-0.2, -0.15) is 9.50 Å². The quantitative estimate of drug-likeness (QED) is 0.467. The molecule has 1 aliphatic heterocycles. The summed E-state index contributed by atoms with van der Waals surface area (Å²) < 4.78 is 2.01. The molecule has 0 amide bonds. The van der Waals surface area contributed by atoms with Gasteiger partial charge in [-0.1, -0.05) is 42.0 Å². The van der Waals surface area contributed by atoms with Crippen molar-refractivity contribution in [2.24, 2.45) is 0 Å². The second-order valence-electron chi connectivity index (χ2n) is 9.55. The van der Waals surface area contributed by atoms with Gasteiger partial charge < -0.3 is 9.80 Å². The minimum atomic E-state index is 0.404. The van der Waals surface area contributed by atoms with E-state index < -0.39 is 0 Å². The van der Waals surface area contributed by atoms with Crippen molar-refractivity contribution in [1.82, 2.24) is 19.6 Å². The van der Waals surface area contributed by atoms with Crippen LogP contribution in [0.1, 0.15) is 35.7 Å². The molecule has 6 heteroatoms. The molecule has 33 heavy (non-hydrogen) atoms. The van der Waals surface area contributed by atoms with Crippen LogP contribution in [-0.4, -0.2) is 45.3 Å². The molecule has 1 aliphatic carbocycles. The van der Waals surface area contributed by atoms with E-state index in [9.17, 15) is 0 Å². The van der Waals surface area contributed by atoms with E-state index in [1.165, 1.54) is 33.9 Å². The number of benzene rings is 2. The summed E-state index contributed by atoms with van der Waals surface area (Å²) in [7, 11) is 0. The van der Waals surface area contributed by atoms with Crippen LogP contribution in [0, 0.1) is 13.8 Å². The van der Waals surface area contributed by atoms with Crippen LogP contribution in [-0.2, 0) is 12.8 Å². The molecular formula is C27H30N6. The maximum absolute atomic E-state index is 4.97. The molecule has 4 aromatic rings. The second kappa shape index (κ2) is 7.87. The summed E-state index contributed by atoms with van der Waals surface area (Å²) in [6.45, 7) is 9.50. The summed E-state index contributed by atoms with van der Waals surface area (Å²) in [4.78, 5) is 14.8. The molecule has 168 valence electrons. The minimum Gasteiger partial charge on any atom is -0.365 e. The molecule has 2 aliphatic rings. The van der Waals surface area contributed by atoms with Crippen molar-refractivity contribution in [3.05, 3.63) is 70.9 Å². The minimum absolute atomic E-state index is 0.404. The lowest BCUT2D eigenvalue weighted by Gasteiger charge is -2.42. The molecule has 0 saturated carbocycles. The molecule has 0 spiro atoms. The topological polar surface area (TPSA) is 49.6 Å². The molecule has 0 radical (unpaired) electrons. The number of hydrogen-bond acceptors (Lipinski definition) is 5. The lowest BCUT2D eigenvalue weighted by atomic mass is 10.1. The third kappa shape index (κ3) is 3.54. The van der Waals surface area contributed by atoms with Crippen molar-refractivity contribution in [3.63, 3.8) is 0 Å². The Labute approximate surface area is 194 Å². The van der Waals surface area contributed by atoms with Gasteiger partial charge in [-0.25, -0.2) is 4.98 Å². The van der Waals surface area contributed by atoms with Crippen LogP contribution in [0.3, 0.4) is 0 Å². The monoisotopic (exact) mass is 438 g/mol. The van der Waals surface area contributed by atoms with Gasteiger partial charge in [-0.05, 0) is 57.7 Å². The van der Waals surface area contributed by atoms with Crippen LogP contribution in [0.15, 0.2) is 48.5 Å². The molecule has 6 rings (SSSR count). The van der Waals surface area contributed by atoms with E-state index in [0.29, 0.717) is 6.04 Å². The fourth-order valence-corrected chi connectivity index (χ4v) is 5.35. The average Bonchev–Trinajstić information content (AvgIpc) is 3.44. The molecule has 0 unspecified atom stereocenters. The molecule has 3 heterocycles. The highest BCUT2D eigenvalue weighted by Gasteiger charge is 2.30. The van der Waals surface area contributed by atoms with Gasteiger partial charge in [0.25, 0.3) is 5.78 Å². The summed E-state index contributed by atoms with van der Waals surface area (Å²) in [5.74, 6) is 2.67. The first-order valence-corrected chi connectivity index (χ1v) is 12.0. The number of aryl methyl sites for hydroxylation is 3. The van der Waals surface area contributed by atoms with Crippen molar-refractivity contribution < 1.29 is 0 Å². The predicted octanol–water partition coefficient (Wildman–Crippen LogP) is 4.61. The third-order valence-corrected chi connectivity index (χ3v) is 7.05. The highest BCUT2D eigenvalue weighted by Crippen LogP contribution is 2.33. The Morgan fingerprint density at radius 1 is 0.909 bits per heavy atom. The van der Waals surface area contributed by atoms with Crippen LogP contribution in [0.4, 0.5) is 11.5 Å². The van der Waals surface area contributed by atoms with Gasteiger partial charge in [0.05, 0.1) is 5.69 Å². The van der Waals surface area contributed by atoms with Crippen LogP contribution in [0.2, 0.25) is 0 Å². The Balaban J connectivity index is 1.38. The van der Waals surface area contributed by atoms with Gasteiger partial charge in [0, 0.05) is 42.5 Å². The smallest absolute Gasteiger partial charge is 0.254 e. The Hall–Kier alpha value is -3.41. The first kappa shape index (κ1) is 20.2. The largest absolute Gasteiger partial charge is 0.365 e. The summed E-state index contributed by atoms with van der Waals surface area (Å²) >= 11 is 0. The van der Waals surface area contributed by atoms with Crippen molar-refractivity contribution in [2.75, 3.05) is 29.4 Å². The molecule has 2 aromatic heterocycles. The summed E-state index contributed by atoms with van der Waals surface area (Å²) in [6.07, 6.45) is 3.26. The van der Waals surface area contributed by atoms with Crippen LogP contribution >= 0.6 is 0 Å². The Morgan fingerprint density at radius 3 is 2.55 bits per heavy atom. The summed E-state index contributed by atoms with van der Waals surface area (Å²) in [5, 5.41) is 4.97. The maximum atomic E-state index is 4.97. The van der Waals surface area contributed by atoms with E-state index in [-0.39, 0.29) is 0 Å². The molecule has 1 fully saturated rings. The molecule has 0 N–H and O–H groups in total. The number of rotatable bonds is 3. The first-order chi connectivity index (χ1) is 16.1. The van der Waals surface area contributed by atoms with Crippen molar-refractivity contribution in [2.45, 2.75) is 46.1 Å². The number of piperazine rings is 1. The molecule has 6 nitrogen and oxygen atoms in total. The Morgan fingerprint density at radius 2 is 1.76 bits per heavy atom. The van der Waals surface area contributed by atoms with E-state index in [2.05, 4.69) is 79.1 Å². The van der Waals surface area contributed by atoms with Crippen molar-refractivity contribution in [3.8, 4) is 11.4 Å². The molecule has 1 atom stereocenters. The standard InChI is InChI=1S/C27H30N6/c1-18-10-12-21(13-11-18)25-29-27-28-24-9-5-8-23(24)26(33(27)30-25)31-14-15-32(20(3)17-31)22-7-4-6-19(2)16-22/h4,6-7,10-13,16,20H,5,8-9,14-15,17H2,1-3H3/t20-/m0/s1. The van der Waals surface area contributed by atoms with Crippen molar-refractivity contribution in [1.29, 1.82) is 0 Å². The summed E-state index contributed by atoms with van der Waals surface area (Å²) in [6, 6.07) is 17.7. The van der Waals surface area contributed by atoms with Gasteiger partial charge in [0.15, 0.2) is 5.82 Å². The predicted molar refractivity (Wildman–Crippen MR) is 133 cm³/mol. The average molecular weight is 439 g/mol. The van der Waals surface area contributed by atoms with Crippen LogP contribution in [0.25, 0.3) is 17.2 Å². The zero-order valence-corrected chi connectivity index (χ0v) is 19.6. The second-order valence-corrected chi connectivity index (χ2v) is 9.55. The summed E-state index contributed by atoms with van der Waals surface area (Å²) in [5.41, 5.74) is 7.46. The third-order valence-electron chi connectivity index (χ3n) is 7.05. The highest BCUT2D eigenvalue weighted by molar-refractivity contribution is 5.63. The zero-order valence-electron chi connectivity index (χ0n) is 19.6. The van der Waals surface area contributed by atoms with E-state index in [0.717, 1.165) is 56.1 Å². The highest BCUT2D eigenvalue weighted by atomic mass is 15.4. The maximum Gasteiger partial charge on any atom is 0.254 e. The van der Waals surface area contributed by atoms with Gasteiger partial charge in [0.2, 0.25) is 0 Å². The normalized spacial score (nSPS) is 18.2. The fraction of sp³-hybridized carbons (Fsp3) is 0.370. The first-order valence-electron chi connectivity index (χ1n) is 12.0. The molecule has 2 aromatic carbocycles. The number of aromatic nitrogens is 4. The SMILES string of the molecule is Cc1ccc(-c2nc3nc4c(c(N5CCN(c6cccc(C)c6)[C@@H](C)C5)n3n2)CCC4)cc1. The molecular weight excluding hydrogens is 408 g/mol. The van der Waals surface area contributed by atoms with E-state index in [1.807, 2.05) is 4.52 Å². The van der Waals surface area contributed by atoms with Gasteiger partial charge in [-0.3, -0.25) is 0 Å². The van der Waals surface area contributed by atoms with Crippen molar-refractivity contribution >= 4 is 17.3 Å². The Bertz CT molecular complexity index is 1320. The van der Waals surface area contributed by atoms with Crippen LogP contribution in [0.5, 0.6) is 0 Å². The van der Waals surface area contributed by atoms with Crippen LogP contribution < -0.4 is 9.80 Å². The molecule has 1 saturated heterocycles. The van der Waals surface area contributed by atoms with E-state index in [4.69, 9.17) is 15.1 Å². The lowest BCUT2D eigenvalue weighted by molar-refractivity contribution is 0.542. The number of nitrogens with zero attached hydrogens (tertiary/aromatic N) is 6. The van der Waals surface area contributed by atoms with Gasteiger partial charge in [0.1, 0.15) is 5.82 Å². The number of anilines is 2.